The van der Waals surface area contributed by atoms with Gasteiger partial charge in [0, 0.05) is 30.9 Å². The van der Waals surface area contributed by atoms with Gasteiger partial charge in [-0.1, -0.05) is 17.7 Å². The highest BCUT2D eigenvalue weighted by Gasteiger charge is 2.24. The second-order valence-electron chi connectivity index (χ2n) is 3.79. The molecule has 0 N–H and O–H groups in total. The Bertz CT molecular complexity index is 521. The maximum atomic E-state index is 11.5. The molecule has 1 heterocycles. The zero-order valence-electron chi connectivity index (χ0n) is 9.48. The van der Waals surface area contributed by atoms with Crippen molar-refractivity contribution in [3.05, 3.63) is 46.7 Å². The maximum Gasteiger partial charge on any atom is 0.365 e. The van der Waals surface area contributed by atoms with Gasteiger partial charge in [-0.25, -0.2) is 9.79 Å². The number of carbonyl (C=O) groups excluding carboxylic acids is 1. The Kier molecular flexibility index (Phi) is 3.15. The van der Waals surface area contributed by atoms with Gasteiger partial charge in [0.1, 0.15) is 0 Å². The molecule has 88 valence electrons. The molecule has 0 amide bonds. The number of esters is 1. The molecule has 0 radical (unpaired) electrons. The summed E-state index contributed by atoms with van der Waals surface area (Å²) in [5, 5.41) is 0.575. The number of cyclic esters (lactones) is 1. The van der Waals surface area contributed by atoms with E-state index in [9.17, 15) is 4.79 Å². The summed E-state index contributed by atoms with van der Waals surface area (Å²) in [6.45, 7) is 0. The van der Waals surface area contributed by atoms with Gasteiger partial charge in [0.25, 0.3) is 0 Å². The SMILES string of the molecule is CN(C)C=C1N=C(c2cccc(Cl)c2)OC1=O. The third kappa shape index (κ3) is 2.65. The van der Waals surface area contributed by atoms with E-state index in [2.05, 4.69) is 4.99 Å². The number of ether oxygens (including phenoxy) is 1. The Morgan fingerprint density at radius 3 is 2.82 bits per heavy atom. The topological polar surface area (TPSA) is 41.9 Å². The summed E-state index contributed by atoms with van der Waals surface area (Å²) in [5.74, 6) is -0.167. The lowest BCUT2D eigenvalue weighted by Crippen LogP contribution is -2.07. The predicted molar refractivity (Wildman–Crippen MR) is 65.9 cm³/mol. The Morgan fingerprint density at radius 1 is 1.41 bits per heavy atom. The molecular weight excluding hydrogens is 240 g/mol. The highest BCUT2D eigenvalue weighted by atomic mass is 35.5. The van der Waals surface area contributed by atoms with Crippen molar-refractivity contribution in [2.45, 2.75) is 0 Å². The van der Waals surface area contributed by atoms with E-state index >= 15 is 0 Å². The molecule has 0 bridgehead atoms. The smallest absolute Gasteiger partial charge is 0.365 e. The maximum absolute atomic E-state index is 11.5. The van der Waals surface area contributed by atoms with Gasteiger partial charge in [-0.3, -0.25) is 0 Å². The summed E-state index contributed by atoms with van der Waals surface area (Å²) in [7, 11) is 3.63. The molecule has 0 aliphatic carbocycles. The van der Waals surface area contributed by atoms with Gasteiger partial charge in [-0.05, 0) is 18.2 Å². The van der Waals surface area contributed by atoms with Crippen LogP contribution >= 0.6 is 11.6 Å². The Balaban J connectivity index is 2.33. The van der Waals surface area contributed by atoms with Crippen LogP contribution in [-0.4, -0.2) is 30.9 Å². The fourth-order valence-corrected chi connectivity index (χ4v) is 1.58. The molecular formula is C12H11ClN2O2. The zero-order chi connectivity index (χ0) is 12.4. The number of hydrogen-bond acceptors (Lipinski definition) is 4. The Labute approximate surface area is 104 Å². The van der Waals surface area contributed by atoms with Crippen LogP contribution in [0, 0.1) is 0 Å². The number of benzene rings is 1. The van der Waals surface area contributed by atoms with Gasteiger partial charge in [0.05, 0.1) is 0 Å². The van der Waals surface area contributed by atoms with Gasteiger partial charge in [-0.15, -0.1) is 0 Å². The molecule has 0 atom stereocenters. The number of halogens is 1. The molecule has 0 saturated carbocycles. The summed E-state index contributed by atoms with van der Waals surface area (Å²) >= 11 is 5.86. The molecule has 1 aliphatic heterocycles. The molecule has 5 heteroatoms. The summed E-state index contributed by atoms with van der Waals surface area (Å²) in [5.41, 5.74) is 0.970. The quantitative estimate of drug-likeness (QED) is 0.596. The lowest BCUT2D eigenvalue weighted by atomic mass is 10.2. The van der Waals surface area contributed by atoms with Crippen molar-refractivity contribution in [2.24, 2.45) is 4.99 Å². The van der Waals surface area contributed by atoms with Gasteiger partial charge in [-0.2, -0.15) is 0 Å². The fourth-order valence-electron chi connectivity index (χ4n) is 1.39. The van der Waals surface area contributed by atoms with E-state index in [0.29, 0.717) is 10.6 Å². The van der Waals surface area contributed by atoms with E-state index in [1.165, 1.54) is 0 Å². The molecule has 1 aromatic carbocycles. The van der Waals surface area contributed by atoms with Crippen LogP contribution in [0.2, 0.25) is 5.02 Å². The van der Waals surface area contributed by atoms with Crippen molar-refractivity contribution in [3.8, 4) is 0 Å². The molecule has 1 aromatic rings. The van der Waals surface area contributed by atoms with Crippen LogP contribution in [0.1, 0.15) is 5.56 Å². The first-order valence-electron chi connectivity index (χ1n) is 5.01. The van der Waals surface area contributed by atoms with Crippen LogP contribution in [0.15, 0.2) is 41.2 Å². The van der Waals surface area contributed by atoms with Gasteiger partial charge < -0.3 is 9.64 Å². The van der Waals surface area contributed by atoms with Crippen molar-refractivity contribution in [1.82, 2.24) is 4.90 Å². The fraction of sp³-hybridized carbons (Fsp3) is 0.167. The van der Waals surface area contributed by atoms with Crippen molar-refractivity contribution < 1.29 is 9.53 Å². The molecule has 0 fully saturated rings. The molecule has 0 aromatic heterocycles. The predicted octanol–water partition coefficient (Wildman–Crippen LogP) is 2.05. The average molecular weight is 251 g/mol. The van der Waals surface area contributed by atoms with Crippen LogP contribution in [0.4, 0.5) is 0 Å². The van der Waals surface area contributed by atoms with Gasteiger partial charge in [0.15, 0.2) is 5.70 Å². The molecule has 1 aliphatic rings. The normalized spacial score (nSPS) is 17.0. The van der Waals surface area contributed by atoms with Crippen molar-refractivity contribution >= 4 is 23.5 Å². The highest BCUT2D eigenvalue weighted by Crippen LogP contribution is 2.18. The number of nitrogens with zero attached hydrogens (tertiary/aromatic N) is 2. The first-order valence-corrected chi connectivity index (χ1v) is 5.39. The Morgan fingerprint density at radius 2 is 2.18 bits per heavy atom. The van der Waals surface area contributed by atoms with Crippen molar-refractivity contribution in [2.75, 3.05) is 14.1 Å². The van der Waals surface area contributed by atoms with Crippen molar-refractivity contribution in [3.63, 3.8) is 0 Å². The first-order chi connectivity index (χ1) is 8.06. The molecule has 2 rings (SSSR count). The van der Waals surface area contributed by atoms with Crippen LogP contribution in [-0.2, 0) is 9.53 Å². The zero-order valence-corrected chi connectivity index (χ0v) is 10.2. The second kappa shape index (κ2) is 4.59. The second-order valence-corrected chi connectivity index (χ2v) is 4.23. The van der Waals surface area contributed by atoms with E-state index in [0.717, 1.165) is 0 Å². The molecule has 0 saturated heterocycles. The van der Waals surface area contributed by atoms with Crippen LogP contribution < -0.4 is 0 Å². The largest absolute Gasteiger partial charge is 0.402 e. The third-order valence-corrected chi connectivity index (χ3v) is 2.31. The van der Waals surface area contributed by atoms with E-state index in [1.807, 2.05) is 14.1 Å². The molecule has 0 unspecified atom stereocenters. The number of aliphatic imine (C=N–C) groups is 1. The highest BCUT2D eigenvalue weighted by molar-refractivity contribution is 6.31. The monoisotopic (exact) mass is 250 g/mol. The summed E-state index contributed by atoms with van der Waals surface area (Å²) in [4.78, 5) is 17.4. The van der Waals surface area contributed by atoms with Crippen LogP contribution in [0.5, 0.6) is 0 Å². The van der Waals surface area contributed by atoms with E-state index < -0.39 is 5.97 Å². The average Bonchev–Trinajstić information content (AvgIpc) is 2.59. The standard InChI is InChI=1S/C12H11ClN2O2/c1-15(2)7-10-12(16)17-11(14-10)8-4-3-5-9(13)6-8/h3-7H,1-2H3. The minimum absolute atomic E-state index is 0.282. The first kappa shape index (κ1) is 11.7. The number of hydrogen-bond donors (Lipinski definition) is 0. The Hall–Kier alpha value is -1.81. The lowest BCUT2D eigenvalue weighted by molar-refractivity contribution is -0.130. The van der Waals surface area contributed by atoms with Crippen molar-refractivity contribution in [1.29, 1.82) is 0 Å². The molecule has 4 nitrogen and oxygen atoms in total. The van der Waals surface area contributed by atoms with Crippen LogP contribution in [0.3, 0.4) is 0 Å². The lowest BCUT2D eigenvalue weighted by Gasteiger charge is -2.02. The summed E-state index contributed by atoms with van der Waals surface area (Å²) in [6, 6.07) is 7.02. The molecule has 17 heavy (non-hydrogen) atoms. The summed E-state index contributed by atoms with van der Waals surface area (Å²) < 4.78 is 5.07. The summed E-state index contributed by atoms with van der Waals surface area (Å²) in [6.07, 6.45) is 1.61. The molecule has 0 spiro atoms. The number of rotatable bonds is 2. The van der Waals surface area contributed by atoms with E-state index in [-0.39, 0.29) is 11.6 Å². The third-order valence-electron chi connectivity index (χ3n) is 2.07. The minimum Gasteiger partial charge on any atom is -0.402 e. The van der Waals surface area contributed by atoms with Gasteiger partial charge in [0.2, 0.25) is 5.90 Å². The van der Waals surface area contributed by atoms with E-state index in [4.69, 9.17) is 16.3 Å². The van der Waals surface area contributed by atoms with Crippen LogP contribution in [0.25, 0.3) is 0 Å². The minimum atomic E-state index is -0.450. The van der Waals surface area contributed by atoms with Gasteiger partial charge >= 0.3 is 5.97 Å². The van der Waals surface area contributed by atoms with E-state index in [1.54, 1.807) is 35.4 Å². The number of carbonyl (C=O) groups is 1.